The summed E-state index contributed by atoms with van der Waals surface area (Å²) in [7, 11) is 5.60. The number of likely N-dealkylation sites (N-methyl/N-ethyl adjacent to an activating group) is 1. The molecule has 0 aliphatic carbocycles. The molecule has 0 aliphatic heterocycles. The maximum atomic E-state index is 5.40. The molecule has 0 radical (unpaired) electrons. The summed E-state index contributed by atoms with van der Waals surface area (Å²) in [4.78, 5) is 2.30. The molecule has 1 aromatic rings. The van der Waals surface area contributed by atoms with Crippen LogP contribution in [-0.4, -0.2) is 51.9 Å². The Balaban J connectivity index is 2.53. The van der Waals surface area contributed by atoms with E-state index in [1.54, 1.807) is 14.2 Å². The number of methoxy groups -OCH3 is 2. The molecule has 1 unspecified atom stereocenters. The molecule has 0 fully saturated rings. The van der Waals surface area contributed by atoms with Gasteiger partial charge in [0, 0.05) is 31.8 Å². The molecule has 1 atom stereocenters. The van der Waals surface area contributed by atoms with Gasteiger partial charge in [-0.2, -0.15) is 0 Å². The topological polar surface area (TPSA) is 33.7 Å². The molecule has 0 bridgehead atoms. The van der Waals surface area contributed by atoms with E-state index in [1.807, 2.05) is 18.2 Å². The smallest absolute Gasteiger partial charge is 0.123 e. The maximum absolute atomic E-state index is 5.40. The Bertz CT molecular complexity index is 371. The number of para-hydroxylation sites is 1. The third kappa shape index (κ3) is 5.90. The van der Waals surface area contributed by atoms with E-state index >= 15 is 0 Å². The van der Waals surface area contributed by atoms with Crippen LogP contribution in [-0.2, 0) is 11.3 Å². The van der Waals surface area contributed by atoms with Gasteiger partial charge in [0.05, 0.1) is 13.7 Å². The minimum absolute atomic E-state index is 0.361. The van der Waals surface area contributed by atoms with Crippen LogP contribution in [0.4, 0.5) is 0 Å². The summed E-state index contributed by atoms with van der Waals surface area (Å²) in [5.41, 5.74) is 1.21. The zero-order chi connectivity index (χ0) is 14.8. The van der Waals surface area contributed by atoms with Gasteiger partial charge in [-0.3, -0.25) is 0 Å². The molecule has 0 spiro atoms. The molecule has 0 saturated heterocycles. The molecule has 4 nitrogen and oxygen atoms in total. The minimum atomic E-state index is 0.361. The van der Waals surface area contributed by atoms with E-state index in [2.05, 4.69) is 30.3 Å². The van der Waals surface area contributed by atoms with Crippen LogP contribution in [0.1, 0.15) is 18.9 Å². The Kier molecular flexibility index (Phi) is 8.26. The highest BCUT2D eigenvalue weighted by Gasteiger charge is 2.12. The molecule has 0 amide bonds. The van der Waals surface area contributed by atoms with Crippen LogP contribution in [0.2, 0.25) is 0 Å². The second kappa shape index (κ2) is 9.75. The molecule has 0 aromatic heterocycles. The number of ether oxygens (including phenoxy) is 2. The lowest BCUT2D eigenvalue weighted by molar-refractivity contribution is 0.144. The Morgan fingerprint density at radius 1 is 1.25 bits per heavy atom. The standard InChI is InChI=1S/C16H28N2O2/c1-5-10-17-15(13-19-3)12-18(2)11-14-8-6-7-9-16(14)20-4/h6-9,15,17H,5,10-13H2,1-4H3. The molecular formula is C16H28N2O2. The maximum Gasteiger partial charge on any atom is 0.123 e. The van der Waals surface area contributed by atoms with Gasteiger partial charge in [-0.25, -0.2) is 0 Å². The Morgan fingerprint density at radius 3 is 2.65 bits per heavy atom. The SMILES string of the molecule is CCCNC(COC)CN(C)Cc1ccccc1OC. The largest absolute Gasteiger partial charge is 0.496 e. The first-order chi connectivity index (χ1) is 9.71. The molecule has 20 heavy (non-hydrogen) atoms. The second-order valence-electron chi connectivity index (χ2n) is 5.11. The van der Waals surface area contributed by atoms with E-state index in [9.17, 15) is 0 Å². The third-order valence-corrected chi connectivity index (χ3v) is 3.22. The molecular weight excluding hydrogens is 252 g/mol. The van der Waals surface area contributed by atoms with E-state index in [0.717, 1.165) is 38.4 Å². The van der Waals surface area contributed by atoms with Gasteiger partial charge in [0.25, 0.3) is 0 Å². The fraction of sp³-hybridized carbons (Fsp3) is 0.625. The van der Waals surface area contributed by atoms with Gasteiger partial charge >= 0.3 is 0 Å². The number of hydrogen-bond acceptors (Lipinski definition) is 4. The average Bonchev–Trinajstić information content (AvgIpc) is 2.45. The van der Waals surface area contributed by atoms with E-state index in [0.29, 0.717) is 6.04 Å². The van der Waals surface area contributed by atoms with Gasteiger partial charge in [0.15, 0.2) is 0 Å². The van der Waals surface area contributed by atoms with Crippen molar-refractivity contribution < 1.29 is 9.47 Å². The van der Waals surface area contributed by atoms with E-state index in [1.165, 1.54) is 5.56 Å². The van der Waals surface area contributed by atoms with Crippen molar-refractivity contribution in [3.8, 4) is 5.75 Å². The zero-order valence-electron chi connectivity index (χ0n) is 13.2. The second-order valence-corrected chi connectivity index (χ2v) is 5.11. The molecule has 0 heterocycles. The summed E-state index contributed by atoms with van der Waals surface area (Å²) in [6.07, 6.45) is 1.14. The highest BCUT2D eigenvalue weighted by atomic mass is 16.5. The van der Waals surface area contributed by atoms with Gasteiger partial charge in [0.1, 0.15) is 5.75 Å². The predicted octanol–water partition coefficient (Wildman–Crippen LogP) is 2.14. The number of nitrogens with one attached hydrogen (secondary N) is 1. The Morgan fingerprint density at radius 2 is 2.00 bits per heavy atom. The van der Waals surface area contributed by atoms with Crippen molar-refractivity contribution in [3.05, 3.63) is 29.8 Å². The monoisotopic (exact) mass is 280 g/mol. The molecule has 1 aromatic carbocycles. The van der Waals surface area contributed by atoms with Crippen LogP contribution in [0, 0.1) is 0 Å². The molecule has 1 N–H and O–H groups in total. The van der Waals surface area contributed by atoms with E-state index < -0.39 is 0 Å². The highest BCUT2D eigenvalue weighted by molar-refractivity contribution is 5.32. The summed E-state index contributed by atoms with van der Waals surface area (Å²) >= 11 is 0. The van der Waals surface area contributed by atoms with Crippen molar-refractivity contribution in [2.24, 2.45) is 0 Å². The van der Waals surface area contributed by atoms with Crippen LogP contribution in [0.15, 0.2) is 24.3 Å². The number of rotatable bonds is 10. The van der Waals surface area contributed by atoms with Crippen LogP contribution in [0.3, 0.4) is 0 Å². The lowest BCUT2D eigenvalue weighted by Gasteiger charge is -2.25. The first-order valence-electron chi connectivity index (χ1n) is 7.24. The first-order valence-corrected chi connectivity index (χ1v) is 7.24. The van der Waals surface area contributed by atoms with Crippen molar-refractivity contribution in [3.63, 3.8) is 0 Å². The van der Waals surface area contributed by atoms with Gasteiger partial charge in [-0.1, -0.05) is 25.1 Å². The molecule has 0 saturated carbocycles. The first kappa shape index (κ1) is 17.0. The van der Waals surface area contributed by atoms with Crippen molar-refractivity contribution in [2.45, 2.75) is 25.9 Å². The van der Waals surface area contributed by atoms with E-state index in [-0.39, 0.29) is 0 Å². The summed E-state index contributed by atoms with van der Waals surface area (Å²) in [5.74, 6) is 0.948. The zero-order valence-corrected chi connectivity index (χ0v) is 13.2. The number of nitrogens with zero attached hydrogens (tertiary/aromatic N) is 1. The Hall–Kier alpha value is -1.10. The number of benzene rings is 1. The molecule has 1 rings (SSSR count). The van der Waals surface area contributed by atoms with Crippen LogP contribution < -0.4 is 10.1 Å². The van der Waals surface area contributed by atoms with Gasteiger partial charge in [0.2, 0.25) is 0 Å². The van der Waals surface area contributed by atoms with Crippen LogP contribution in [0.5, 0.6) is 5.75 Å². The van der Waals surface area contributed by atoms with Crippen molar-refractivity contribution in [2.75, 3.05) is 41.0 Å². The van der Waals surface area contributed by atoms with Gasteiger partial charge < -0.3 is 19.7 Å². The normalized spacial score (nSPS) is 12.7. The quantitative estimate of drug-likeness (QED) is 0.712. The molecule has 114 valence electrons. The average molecular weight is 280 g/mol. The van der Waals surface area contributed by atoms with E-state index in [4.69, 9.17) is 9.47 Å². The van der Waals surface area contributed by atoms with Crippen molar-refractivity contribution in [1.29, 1.82) is 0 Å². The summed E-state index contributed by atoms with van der Waals surface area (Å²) in [5, 5.41) is 3.52. The van der Waals surface area contributed by atoms with Crippen molar-refractivity contribution >= 4 is 0 Å². The van der Waals surface area contributed by atoms with Gasteiger partial charge in [-0.05, 0) is 26.1 Å². The lowest BCUT2D eigenvalue weighted by atomic mass is 10.2. The molecule has 0 aliphatic rings. The van der Waals surface area contributed by atoms with Gasteiger partial charge in [-0.15, -0.1) is 0 Å². The van der Waals surface area contributed by atoms with Crippen molar-refractivity contribution in [1.82, 2.24) is 10.2 Å². The highest BCUT2D eigenvalue weighted by Crippen LogP contribution is 2.18. The van der Waals surface area contributed by atoms with Crippen LogP contribution in [0.25, 0.3) is 0 Å². The Labute approximate surface area is 123 Å². The number of hydrogen-bond donors (Lipinski definition) is 1. The summed E-state index contributed by atoms with van der Waals surface area (Å²) in [6, 6.07) is 8.53. The molecule has 4 heteroatoms. The fourth-order valence-electron chi connectivity index (χ4n) is 2.29. The predicted molar refractivity (Wildman–Crippen MR) is 83.3 cm³/mol. The summed E-state index contributed by atoms with van der Waals surface area (Å²) in [6.45, 7) is 5.76. The van der Waals surface area contributed by atoms with Crippen LogP contribution >= 0.6 is 0 Å². The summed E-state index contributed by atoms with van der Waals surface area (Å²) < 4.78 is 10.7. The fourth-order valence-corrected chi connectivity index (χ4v) is 2.29. The minimum Gasteiger partial charge on any atom is -0.496 e. The lowest BCUT2D eigenvalue weighted by Crippen LogP contribution is -2.42. The third-order valence-electron chi connectivity index (χ3n) is 3.22.